The highest BCUT2D eigenvalue weighted by Gasteiger charge is 2.32. The van der Waals surface area contributed by atoms with Crippen molar-refractivity contribution in [2.24, 2.45) is 5.29 Å². The van der Waals surface area contributed by atoms with E-state index in [-0.39, 0.29) is 6.54 Å². The highest BCUT2D eigenvalue weighted by molar-refractivity contribution is 4.69. The molecule has 0 N–H and O–H groups in total. The summed E-state index contributed by atoms with van der Waals surface area (Å²) in [6.07, 6.45) is 0. The number of rotatable bonds is 4. The summed E-state index contributed by atoms with van der Waals surface area (Å²) in [5.41, 5.74) is -1.12. The Bertz CT molecular complexity index is 168. The zero-order valence-electron chi connectivity index (χ0n) is 6.77. The third-order valence-corrected chi connectivity index (χ3v) is 1.25. The molecule has 0 unspecified atom stereocenters. The predicted octanol–water partition coefficient (Wildman–Crippen LogP) is 0.655. The van der Waals surface area contributed by atoms with E-state index < -0.39 is 10.5 Å². The van der Waals surface area contributed by atoms with Crippen molar-refractivity contribution in [3.05, 3.63) is 15.0 Å². The van der Waals surface area contributed by atoms with E-state index >= 15 is 0 Å². The predicted molar refractivity (Wildman–Crippen MR) is 39.5 cm³/mol. The van der Waals surface area contributed by atoms with Crippen molar-refractivity contribution in [3.8, 4) is 0 Å². The molecule has 6 nitrogen and oxygen atoms in total. The van der Waals surface area contributed by atoms with Crippen LogP contribution in [-0.4, -0.2) is 29.1 Å². The van der Waals surface area contributed by atoms with E-state index in [0.717, 1.165) is 5.01 Å². The van der Waals surface area contributed by atoms with Crippen LogP contribution in [0.3, 0.4) is 0 Å². The van der Waals surface area contributed by atoms with Crippen molar-refractivity contribution in [1.29, 1.82) is 0 Å². The second-order valence-electron chi connectivity index (χ2n) is 2.97. The van der Waals surface area contributed by atoms with E-state index in [1.165, 1.54) is 20.9 Å². The Kier molecular flexibility index (Phi) is 2.91. The van der Waals surface area contributed by atoms with E-state index in [0.29, 0.717) is 0 Å². The molecule has 0 aliphatic rings. The number of nitroso groups, excluding NO2 is 1. The summed E-state index contributed by atoms with van der Waals surface area (Å²) in [7, 11) is 1.40. The number of hydrogen-bond donors (Lipinski definition) is 0. The normalized spacial score (nSPS) is 10.8. The zero-order chi connectivity index (χ0) is 9.07. The molecule has 0 aliphatic carbocycles. The van der Waals surface area contributed by atoms with Crippen molar-refractivity contribution in [2.75, 3.05) is 13.6 Å². The van der Waals surface area contributed by atoms with Crippen molar-refractivity contribution >= 4 is 0 Å². The maximum absolute atomic E-state index is 10.3. The molecular weight excluding hydrogens is 150 g/mol. The fourth-order valence-electron chi connectivity index (χ4n) is 0.647. The lowest BCUT2D eigenvalue weighted by Crippen LogP contribution is -2.40. The van der Waals surface area contributed by atoms with Crippen LogP contribution in [0.1, 0.15) is 13.8 Å². The third kappa shape index (κ3) is 2.92. The Morgan fingerprint density at radius 1 is 1.64 bits per heavy atom. The molecule has 0 rings (SSSR count). The van der Waals surface area contributed by atoms with Crippen molar-refractivity contribution in [3.63, 3.8) is 0 Å². The van der Waals surface area contributed by atoms with E-state index in [2.05, 4.69) is 5.29 Å². The summed E-state index contributed by atoms with van der Waals surface area (Å²) in [5.74, 6) is 0. The summed E-state index contributed by atoms with van der Waals surface area (Å²) in [5, 5.41) is 13.8. The maximum Gasteiger partial charge on any atom is 0.235 e. The summed E-state index contributed by atoms with van der Waals surface area (Å²) in [4.78, 5) is 19.7. The Morgan fingerprint density at radius 2 is 2.09 bits per heavy atom. The Labute approximate surface area is 64.3 Å². The van der Waals surface area contributed by atoms with Crippen LogP contribution in [0.25, 0.3) is 0 Å². The first kappa shape index (κ1) is 9.80. The molecular formula is C5H11N3O3. The molecule has 0 spiro atoms. The van der Waals surface area contributed by atoms with E-state index in [4.69, 9.17) is 0 Å². The van der Waals surface area contributed by atoms with Crippen LogP contribution in [0.15, 0.2) is 5.29 Å². The van der Waals surface area contributed by atoms with Gasteiger partial charge in [0.1, 0.15) is 6.54 Å². The molecule has 6 heteroatoms. The van der Waals surface area contributed by atoms with Gasteiger partial charge in [0.05, 0.1) is 5.29 Å². The lowest BCUT2D eigenvalue weighted by molar-refractivity contribution is -0.560. The van der Waals surface area contributed by atoms with E-state index in [9.17, 15) is 15.0 Å². The lowest BCUT2D eigenvalue weighted by atomic mass is 10.1. The van der Waals surface area contributed by atoms with Crippen LogP contribution >= 0.6 is 0 Å². The van der Waals surface area contributed by atoms with Gasteiger partial charge in [-0.05, 0) is 0 Å². The quantitative estimate of drug-likeness (QED) is 0.344. The van der Waals surface area contributed by atoms with Gasteiger partial charge in [-0.25, -0.2) is 0 Å². The smallest absolute Gasteiger partial charge is 0.235 e. The van der Waals surface area contributed by atoms with E-state index in [1.807, 2.05) is 0 Å². The largest absolute Gasteiger partial charge is 0.264 e. The number of nitro groups is 1. The summed E-state index contributed by atoms with van der Waals surface area (Å²) in [6.45, 7) is 2.90. The molecule has 0 aromatic heterocycles. The first-order chi connectivity index (χ1) is 4.90. The number of nitrogens with zero attached hydrogens (tertiary/aromatic N) is 3. The standard InChI is InChI=1S/C5H11N3O3/c1-5(2,8(10)11)4-7(3)6-9/h4H2,1-3H3. The molecule has 64 valence electrons. The van der Waals surface area contributed by atoms with Crippen LogP contribution in [-0.2, 0) is 0 Å². The fourth-order valence-corrected chi connectivity index (χ4v) is 0.647. The van der Waals surface area contributed by atoms with Gasteiger partial charge < -0.3 is 0 Å². The average molecular weight is 161 g/mol. The average Bonchev–Trinajstić information content (AvgIpc) is 1.86. The molecule has 0 bridgehead atoms. The first-order valence-corrected chi connectivity index (χ1v) is 3.09. The van der Waals surface area contributed by atoms with Crippen LogP contribution < -0.4 is 0 Å². The lowest BCUT2D eigenvalue weighted by Gasteiger charge is -2.18. The molecule has 0 radical (unpaired) electrons. The van der Waals surface area contributed by atoms with Crippen molar-refractivity contribution < 1.29 is 4.92 Å². The molecule has 0 amide bonds. The second kappa shape index (κ2) is 3.27. The number of likely N-dealkylation sites (N-methyl/N-ethyl adjacent to an activating group) is 1. The topological polar surface area (TPSA) is 75.8 Å². The summed E-state index contributed by atoms with van der Waals surface area (Å²) in [6, 6.07) is 0. The minimum atomic E-state index is -1.12. The van der Waals surface area contributed by atoms with E-state index in [1.54, 1.807) is 0 Å². The zero-order valence-corrected chi connectivity index (χ0v) is 6.77. The molecule has 0 aromatic rings. The summed E-state index contributed by atoms with van der Waals surface area (Å²) >= 11 is 0. The van der Waals surface area contributed by atoms with Crippen LogP contribution in [0, 0.1) is 15.0 Å². The fraction of sp³-hybridized carbons (Fsp3) is 1.00. The molecule has 0 saturated heterocycles. The van der Waals surface area contributed by atoms with Gasteiger partial charge in [0.2, 0.25) is 5.54 Å². The van der Waals surface area contributed by atoms with Gasteiger partial charge in [-0.3, -0.25) is 15.1 Å². The van der Waals surface area contributed by atoms with Gasteiger partial charge in [-0.2, -0.15) is 0 Å². The van der Waals surface area contributed by atoms with Gasteiger partial charge in [-0.15, -0.1) is 4.91 Å². The van der Waals surface area contributed by atoms with Crippen molar-refractivity contribution in [2.45, 2.75) is 19.4 Å². The van der Waals surface area contributed by atoms with Gasteiger partial charge in [-0.1, -0.05) is 0 Å². The monoisotopic (exact) mass is 161 g/mol. The molecule has 0 heterocycles. The Balaban J connectivity index is 4.11. The molecule has 0 fully saturated rings. The maximum atomic E-state index is 10.3. The molecule has 11 heavy (non-hydrogen) atoms. The van der Waals surface area contributed by atoms with Crippen LogP contribution in [0.4, 0.5) is 0 Å². The molecule has 0 aliphatic heterocycles. The molecule has 0 atom stereocenters. The summed E-state index contributed by atoms with van der Waals surface area (Å²) < 4.78 is 0. The Hall–Kier alpha value is -1.20. The highest BCUT2D eigenvalue weighted by Crippen LogP contribution is 2.08. The van der Waals surface area contributed by atoms with Gasteiger partial charge in [0, 0.05) is 25.8 Å². The second-order valence-corrected chi connectivity index (χ2v) is 2.97. The number of hydrogen-bond acceptors (Lipinski definition) is 4. The SMILES string of the molecule is CN(CC(C)(C)[N+](=O)[O-])N=O. The van der Waals surface area contributed by atoms with Crippen LogP contribution in [0.5, 0.6) is 0 Å². The Morgan fingerprint density at radius 3 is 2.36 bits per heavy atom. The highest BCUT2D eigenvalue weighted by atomic mass is 16.6. The molecule has 0 aromatic carbocycles. The van der Waals surface area contributed by atoms with Crippen molar-refractivity contribution in [1.82, 2.24) is 5.01 Å². The minimum Gasteiger partial charge on any atom is -0.264 e. The van der Waals surface area contributed by atoms with Crippen LogP contribution in [0.2, 0.25) is 0 Å². The van der Waals surface area contributed by atoms with Gasteiger partial charge in [0.25, 0.3) is 0 Å². The first-order valence-electron chi connectivity index (χ1n) is 3.09. The van der Waals surface area contributed by atoms with Gasteiger partial charge in [0.15, 0.2) is 0 Å². The molecule has 0 saturated carbocycles. The third-order valence-electron chi connectivity index (χ3n) is 1.25. The van der Waals surface area contributed by atoms with Gasteiger partial charge >= 0.3 is 0 Å². The minimum absolute atomic E-state index is 0.0174.